The van der Waals surface area contributed by atoms with Crippen molar-refractivity contribution < 1.29 is 9.53 Å². The highest BCUT2D eigenvalue weighted by Crippen LogP contribution is 2.19. The maximum Gasteiger partial charge on any atom is 0.319 e. The van der Waals surface area contributed by atoms with Gasteiger partial charge in [-0.1, -0.05) is 25.0 Å². The molecule has 0 amide bonds. The largest absolute Gasteiger partial charge is 0.465 e. The molecule has 0 aromatic carbocycles. The lowest BCUT2D eigenvalue weighted by Gasteiger charge is -2.06. The normalized spacial score (nSPS) is 14.9. The third kappa shape index (κ3) is 5.91. The number of unbranched alkanes of at least 4 members (excludes halogenated alkanes) is 1. The summed E-state index contributed by atoms with van der Waals surface area (Å²) in [7, 11) is 0. The number of ether oxygens (including phenoxy) is 1. The molecule has 0 bridgehead atoms. The third-order valence-corrected chi connectivity index (χ3v) is 2.79. The average Bonchev–Trinajstić information content (AvgIpc) is 2.78. The SMILES string of the molecule is CCCCOC(=O)CNCCC1=CCCC1. The summed E-state index contributed by atoms with van der Waals surface area (Å²) in [6, 6.07) is 0. The molecule has 0 atom stereocenters. The molecule has 0 aromatic rings. The van der Waals surface area contributed by atoms with E-state index < -0.39 is 0 Å². The fraction of sp³-hybridized carbons (Fsp3) is 0.769. The first-order chi connectivity index (χ1) is 7.83. The molecule has 0 saturated carbocycles. The van der Waals surface area contributed by atoms with Crippen molar-refractivity contribution in [3.8, 4) is 0 Å². The molecule has 0 aromatic heterocycles. The zero-order valence-corrected chi connectivity index (χ0v) is 10.3. The minimum atomic E-state index is -0.131. The maximum atomic E-state index is 11.2. The quantitative estimate of drug-likeness (QED) is 0.392. The van der Waals surface area contributed by atoms with E-state index in [2.05, 4.69) is 18.3 Å². The van der Waals surface area contributed by atoms with Gasteiger partial charge in [-0.15, -0.1) is 0 Å². The van der Waals surface area contributed by atoms with E-state index in [-0.39, 0.29) is 5.97 Å². The Labute approximate surface area is 98.2 Å². The van der Waals surface area contributed by atoms with E-state index in [1.807, 2.05) is 0 Å². The van der Waals surface area contributed by atoms with Crippen LogP contribution in [0.2, 0.25) is 0 Å². The van der Waals surface area contributed by atoms with Crippen molar-refractivity contribution >= 4 is 5.97 Å². The second-order valence-corrected chi connectivity index (χ2v) is 4.26. The molecular formula is C13H23NO2. The zero-order valence-electron chi connectivity index (χ0n) is 10.3. The molecule has 1 N–H and O–H groups in total. The van der Waals surface area contributed by atoms with Gasteiger partial charge < -0.3 is 10.1 Å². The maximum absolute atomic E-state index is 11.2. The molecule has 0 heterocycles. The number of hydrogen-bond acceptors (Lipinski definition) is 3. The molecule has 0 fully saturated rings. The lowest BCUT2D eigenvalue weighted by molar-refractivity contribution is -0.142. The van der Waals surface area contributed by atoms with Crippen LogP contribution in [0.3, 0.4) is 0 Å². The Morgan fingerprint density at radius 3 is 3.12 bits per heavy atom. The lowest BCUT2D eigenvalue weighted by atomic mass is 10.2. The second kappa shape index (κ2) is 8.34. The molecule has 3 heteroatoms. The topological polar surface area (TPSA) is 38.3 Å². The Hall–Kier alpha value is -0.830. The second-order valence-electron chi connectivity index (χ2n) is 4.26. The van der Waals surface area contributed by atoms with Gasteiger partial charge in [-0.25, -0.2) is 0 Å². The highest BCUT2D eigenvalue weighted by Gasteiger charge is 2.05. The van der Waals surface area contributed by atoms with Crippen molar-refractivity contribution in [1.29, 1.82) is 0 Å². The monoisotopic (exact) mass is 225 g/mol. The summed E-state index contributed by atoms with van der Waals surface area (Å²) in [5, 5.41) is 3.12. The van der Waals surface area contributed by atoms with E-state index in [0.29, 0.717) is 13.2 Å². The van der Waals surface area contributed by atoms with Gasteiger partial charge in [-0.2, -0.15) is 0 Å². The van der Waals surface area contributed by atoms with Gasteiger partial charge in [0, 0.05) is 0 Å². The summed E-state index contributed by atoms with van der Waals surface area (Å²) < 4.78 is 5.04. The van der Waals surface area contributed by atoms with Gasteiger partial charge in [0.05, 0.1) is 13.2 Å². The number of carbonyl (C=O) groups excluding carboxylic acids is 1. The molecule has 1 rings (SSSR count). The van der Waals surface area contributed by atoms with Crippen LogP contribution >= 0.6 is 0 Å². The molecular weight excluding hydrogens is 202 g/mol. The van der Waals surface area contributed by atoms with Crippen molar-refractivity contribution in [3.63, 3.8) is 0 Å². The van der Waals surface area contributed by atoms with Gasteiger partial charge >= 0.3 is 5.97 Å². The fourth-order valence-electron chi connectivity index (χ4n) is 1.79. The van der Waals surface area contributed by atoms with E-state index in [9.17, 15) is 4.79 Å². The summed E-state index contributed by atoms with van der Waals surface area (Å²) in [4.78, 5) is 11.2. The summed E-state index contributed by atoms with van der Waals surface area (Å²) >= 11 is 0. The van der Waals surface area contributed by atoms with Crippen LogP contribution in [0.5, 0.6) is 0 Å². The van der Waals surface area contributed by atoms with E-state index in [4.69, 9.17) is 4.74 Å². The van der Waals surface area contributed by atoms with Crippen molar-refractivity contribution in [2.45, 2.75) is 45.4 Å². The highest BCUT2D eigenvalue weighted by atomic mass is 16.5. The first kappa shape index (κ1) is 13.2. The number of rotatable bonds is 8. The minimum absolute atomic E-state index is 0.131. The average molecular weight is 225 g/mol. The molecule has 0 spiro atoms. The standard InChI is InChI=1S/C13H23NO2/c1-2-3-10-16-13(15)11-14-9-8-12-6-4-5-7-12/h6,14H,2-5,7-11H2,1H3. The summed E-state index contributed by atoms with van der Waals surface area (Å²) in [6.45, 7) is 3.87. The molecule has 0 unspecified atom stereocenters. The van der Waals surface area contributed by atoms with Gasteiger partial charge in [0.2, 0.25) is 0 Å². The zero-order chi connectivity index (χ0) is 11.6. The van der Waals surface area contributed by atoms with Crippen LogP contribution < -0.4 is 5.32 Å². The van der Waals surface area contributed by atoms with Crippen LogP contribution in [0.4, 0.5) is 0 Å². The van der Waals surface area contributed by atoms with Crippen LogP contribution in [0, 0.1) is 0 Å². The van der Waals surface area contributed by atoms with Crippen LogP contribution in [0.25, 0.3) is 0 Å². The number of nitrogens with one attached hydrogen (secondary N) is 1. The first-order valence-electron chi connectivity index (χ1n) is 6.37. The minimum Gasteiger partial charge on any atom is -0.465 e. The van der Waals surface area contributed by atoms with Crippen molar-refractivity contribution in [2.24, 2.45) is 0 Å². The smallest absolute Gasteiger partial charge is 0.319 e. The Morgan fingerprint density at radius 1 is 1.56 bits per heavy atom. The molecule has 1 aliphatic rings. The van der Waals surface area contributed by atoms with Crippen LogP contribution in [0.1, 0.15) is 45.4 Å². The molecule has 92 valence electrons. The van der Waals surface area contributed by atoms with E-state index >= 15 is 0 Å². The molecule has 0 radical (unpaired) electrons. The number of hydrogen-bond donors (Lipinski definition) is 1. The van der Waals surface area contributed by atoms with Crippen molar-refractivity contribution in [3.05, 3.63) is 11.6 Å². The molecule has 1 aliphatic carbocycles. The summed E-state index contributed by atoms with van der Waals surface area (Å²) in [5.41, 5.74) is 1.53. The fourth-order valence-corrected chi connectivity index (χ4v) is 1.79. The van der Waals surface area contributed by atoms with Gasteiger partial charge in [0.1, 0.15) is 0 Å². The van der Waals surface area contributed by atoms with E-state index in [1.54, 1.807) is 0 Å². The molecule has 16 heavy (non-hydrogen) atoms. The van der Waals surface area contributed by atoms with Gasteiger partial charge in [0.15, 0.2) is 0 Å². The van der Waals surface area contributed by atoms with Gasteiger partial charge in [-0.05, 0) is 38.6 Å². The molecule has 3 nitrogen and oxygen atoms in total. The summed E-state index contributed by atoms with van der Waals surface area (Å²) in [5.74, 6) is -0.131. The van der Waals surface area contributed by atoms with Crippen LogP contribution in [-0.4, -0.2) is 25.7 Å². The Kier molecular flexibility index (Phi) is 6.90. The van der Waals surface area contributed by atoms with Crippen LogP contribution in [0.15, 0.2) is 11.6 Å². The van der Waals surface area contributed by atoms with E-state index in [0.717, 1.165) is 25.8 Å². The number of allylic oxidation sites excluding steroid dienone is 1. The van der Waals surface area contributed by atoms with Gasteiger partial charge in [0.25, 0.3) is 0 Å². The van der Waals surface area contributed by atoms with Crippen LogP contribution in [-0.2, 0) is 9.53 Å². The molecule has 0 saturated heterocycles. The van der Waals surface area contributed by atoms with Crippen molar-refractivity contribution in [1.82, 2.24) is 5.32 Å². The molecule has 0 aliphatic heterocycles. The lowest BCUT2D eigenvalue weighted by Crippen LogP contribution is -2.26. The Balaban J connectivity index is 1.91. The first-order valence-corrected chi connectivity index (χ1v) is 6.37. The van der Waals surface area contributed by atoms with Crippen molar-refractivity contribution in [2.75, 3.05) is 19.7 Å². The number of carbonyl (C=O) groups is 1. The Bertz CT molecular complexity index is 236. The number of esters is 1. The Morgan fingerprint density at radius 2 is 2.44 bits per heavy atom. The summed E-state index contributed by atoms with van der Waals surface area (Å²) in [6.07, 6.45) is 9.18. The third-order valence-electron chi connectivity index (χ3n) is 2.79. The van der Waals surface area contributed by atoms with E-state index in [1.165, 1.54) is 24.8 Å². The highest BCUT2D eigenvalue weighted by molar-refractivity contribution is 5.71. The predicted molar refractivity (Wildman–Crippen MR) is 65.3 cm³/mol. The predicted octanol–water partition coefficient (Wildman–Crippen LogP) is 2.42. The van der Waals surface area contributed by atoms with Gasteiger partial charge in [-0.3, -0.25) is 4.79 Å².